The molecule has 17 heavy (non-hydrogen) atoms. The molecule has 0 bridgehead atoms. The van der Waals surface area contributed by atoms with Crippen molar-refractivity contribution in [1.82, 2.24) is 0 Å². The van der Waals surface area contributed by atoms with Gasteiger partial charge in [0, 0.05) is 18.4 Å². The third kappa shape index (κ3) is 3.77. The van der Waals surface area contributed by atoms with Crippen molar-refractivity contribution < 1.29 is 0 Å². The van der Waals surface area contributed by atoms with Gasteiger partial charge in [0.1, 0.15) is 0 Å². The summed E-state index contributed by atoms with van der Waals surface area (Å²) >= 11 is 0. The van der Waals surface area contributed by atoms with Crippen molar-refractivity contribution in [2.24, 2.45) is 5.92 Å². The minimum atomic E-state index is 0.679. The van der Waals surface area contributed by atoms with Crippen LogP contribution >= 0.6 is 0 Å². The van der Waals surface area contributed by atoms with E-state index in [4.69, 9.17) is 0 Å². The Kier molecular flexibility index (Phi) is 5.55. The molecule has 1 heteroatoms. The van der Waals surface area contributed by atoms with E-state index in [-0.39, 0.29) is 0 Å². The minimum absolute atomic E-state index is 0.679. The van der Waals surface area contributed by atoms with Crippen LogP contribution in [0.1, 0.15) is 27.2 Å². The number of benzene rings is 1. The van der Waals surface area contributed by atoms with Gasteiger partial charge in [0.05, 0.1) is 0 Å². The fourth-order valence-electron chi connectivity index (χ4n) is 1.77. The summed E-state index contributed by atoms with van der Waals surface area (Å²) in [7, 11) is 2.11. The predicted molar refractivity (Wildman–Crippen MR) is 77.2 cm³/mol. The Labute approximate surface area is 105 Å². The Bertz CT molecular complexity index is 376. The molecule has 0 radical (unpaired) electrons. The van der Waals surface area contributed by atoms with E-state index in [1.54, 1.807) is 0 Å². The van der Waals surface area contributed by atoms with Crippen molar-refractivity contribution in [3.8, 4) is 0 Å². The highest BCUT2D eigenvalue weighted by Gasteiger charge is 2.08. The van der Waals surface area contributed by atoms with Crippen LogP contribution in [0.3, 0.4) is 0 Å². The summed E-state index contributed by atoms with van der Waals surface area (Å²) in [6.07, 6.45) is 7.93. The molecular formula is C16H23N. The van der Waals surface area contributed by atoms with Gasteiger partial charge >= 0.3 is 0 Å². The normalized spacial score (nSPS) is 17.9. The first-order valence-corrected chi connectivity index (χ1v) is 6.44. The van der Waals surface area contributed by atoms with Gasteiger partial charge in [-0.15, -0.1) is 0 Å². The molecule has 0 aliphatic heterocycles. The second-order valence-electron chi connectivity index (χ2n) is 4.10. The third-order valence-electron chi connectivity index (χ3n) is 2.83. The lowest BCUT2D eigenvalue weighted by Gasteiger charge is -2.23. The van der Waals surface area contributed by atoms with Crippen LogP contribution in [0.2, 0.25) is 0 Å². The van der Waals surface area contributed by atoms with Crippen LogP contribution in [0.5, 0.6) is 0 Å². The van der Waals surface area contributed by atoms with E-state index in [1.165, 1.54) is 11.4 Å². The molecule has 2 rings (SSSR count). The second kappa shape index (κ2) is 6.95. The molecule has 0 spiro atoms. The molecule has 1 aliphatic carbocycles. The first-order chi connectivity index (χ1) is 8.27. The zero-order valence-electron chi connectivity index (χ0n) is 11.4. The maximum absolute atomic E-state index is 2.30. The number of likely N-dealkylation sites (N-methyl/N-ethyl adjacent to an activating group) is 1. The van der Waals surface area contributed by atoms with Crippen LogP contribution < -0.4 is 4.90 Å². The number of rotatable bonds is 2. The summed E-state index contributed by atoms with van der Waals surface area (Å²) in [5.74, 6) is 0.679. The average molecular weight is 229 g/mol. The van der Waals surface area contributed by atoms with Gasteiger partial charge in [-0.25, -0.2) is 0 Å². The molecule has 0 aromatic heterocycles. The summed E-state index contributed by atoms with van der Waals surface area (Å²) in [5.41, 5.74) is 2.53. The molecule has 0 fully saturated rings. The lowest BCUT2D eigenvalue weighted by molar-refractivity contribution is 0.727. The molecule has 1 aromatic rings. The lowest BCUT2D eigenvalue weighted by atomic mass is 10.0. The monoisotopic (exact) mass is 229 g/mol. The van der Waals surface area contributed by atoms with Crippen LogP contribution in [0, 0.1) is 5.92 Å². The van der Waals surface area contributed by atoms with E-state index in [2.05, 4.69) is 61.4 Å². The largest absolute Gasteiger partial charge is 0.345 e. The standard InChI is InChI=1S/C14H17N.C2H6/c1-12-8-10-14(11-9-12)15(2)13-6-4-3-5-7-13;1-2/h3-8,10-12H,9H2,1-2H3;1-2H3. The van der Waals surface area contributed by atoms with Crippen LogP contribution in [-0.4, -0.2) is 7.05 Å². The molecular weight excluding hydrogens is 206 g/mol. The highest BCUT2D eigenvalue weighted by atomic mass is 15.1. The fraction of sp³-hybridized carbons (Fsp3) is 0.375. The smallest absolute Gasteiger partial charge is 0.0407 e. The maximum atomic E-state index is 2.30. The van der Waals surface area contributed by atoms with Crippen molar-refractivity contribution in [3.63, 3.8) is 0 Å². The number of anilines is 1. The Morgan fingerprint density at radius 1 is 1.12 bits per heavy atom. The molecule has 1 unspecified atom stereocenters. The quantitative estimate of drug-likeness (QED) is 0.714. The van der Waals surface area contributed by atoms with Crippen LogP contribution in [0.25, 0.3) is 0 Å². The minimum Gasteiger partial charge on any atom is -0.345 e. The van der Waals surface area contributed by atoms with Gasteiger partial charge in [-0.05, 0) is 30.5 Å². The number of hydrogen-bond donors (Lipinski definition) is 0. The van der Waals surface area contributed by atoms with Crippen molar-refractivity contribution in [2.75, 3.05) is 11.9 Å². The van der Waals surface area contributed by atoms with E-state index in [1.807, 2.05) is 19.9 Å². The second-order valence-corrected chi connectivity index (χ2v) is 4.10. The summed E-state index contributed by atoms with van der Waals surface area (Å²) in [5, 5.41) is 0. The molecule has 0 heterocycles. The first-order valence-electron chi connectivity index (χ1n) is 6.44. The first kappa shape index (κ1) is 13.6. The molecule has 92 valence electrons. The van der Waals surface area contributed by atoms with Crippen LogP contribution in [-0.2, 0) is 0 Å². The summed E-state index contributed by atoms with van der Waals surface area (Å²) in [6, 6.07) is 10.5. The van der Waals surface area contributed by atoms with Crippen LogP contribution in [0.4, 0.5) is 5.69 Å². The Hall–Kier alpha value is -1.50. The Balaban J connectivity index is 0.000000686. The number of para-hydroxylation sites is 1. The van der Waals surface area contributed by atoms with Crippen molar-refractivity contribution in [1.29, 1.82) is 0 Å². The maximum Gasteiger partial charge on any atom is 0.0407 e. The molecule has 1 atom stereocenters. The zero-order chi connectivity index (χ0) is 12.7. The van der Waals surface area contributed by atoms with E-state index in [9.17, 15) is 0 Å². The van der Waals surface area contributed by atoms with E-state index in [0.717, 1.165) is 6.42 Å². The molecule has 1 aromatic carbocycles. The summed E-state index contributed by atoms with van der Waals surface area (Å²) in [6.45, 7) is 6.24. The number of nitrogens with zero attached hydrogens (tertiary/aromatic N) is 1. The molecule has 0 amide bonds. The van der Waals surface area contributed by atoms with Crippen molar-refractivity contribution in [3.05, 3.63) is 54.3 Å². The van der Waals surface area contributed by atoms with Gasteiger partial charge in [0.2, 0.25) is 0 Å². The molecule has 0 N–H and O–H groups in total. The number of allylic oxidation sites excluding steroid dienone is 3. The SMILES string of the molecule is CC.CC1C=CC(N(C)c2ccccc2)=CC1. The van der Waals surface area contributed by atoms with Gasteiger partial charge < -0.3 is 4.90 Å². The van der Waals surface area contributed by atoms with E-state index in [0.29, 0.717) is 5.92 Å². The highest BCUT2D eigenvalue weighted by molar-refractivity contribution is 5.53. The molecule has 0 saturated carbocycles. The van der Waals surface area contributed by atoms with Gasteiger partial charge in [0.15, 0.2) is 0 Å². The van der Waals surface area contributed by atoms with Gasteiger partial charge in [-0.2, -0.15) is 0 Å². The summed E-state index contributed by atoms with van der Waals surface area (Å²) < 4.78 is 0. The molecule has 1 aliphatic rings. The third-order valence-corrected chi connectivity index (χ3v) is 2.83. The van der Waals surface area contributed by atoms with Crippen LogP contribution in [0.15, 0.2) is 54.3 Å². The molecule has 1 nitrogen and oxygen atoms in total. The fourth-order valence-corrected chi connectivity index (χ4v) is 1.77. The molecule has 0 saturated heterocycles. The van der Waals surface area contributed by atoms with Crippen molar-refractivity contribution >= 4 is 5.69 Å². The van der Waals surface area contributed by atoms with E-state index < -0.39 is 0 Å². The number of hydrogen-bond acceptors (Lipinski definition) is 1. The van der Waals surface area contributed by atoms with Gasteiger partial charge in [0.25, 0.3) is 0 Å². The summed E-state index contributed by atoms with van der Waals surface area (Å²) in [4.78, 5) is 2.22. The van der Waals surface area contributed by atoms with Gasteiger partial charge in [-0.3, -0.25) is 0 Å². The van der Waals surface area contributed by atoms with Crippen molar-refractivity contribution in [2.45, 2.75) is 27.2 Å². The Morgan fingerprint density at radius 3 is 2.29 bits per heavy atom. The highest BCUT2D eigenvalue weighted by Crippen LogP contribution is 2.22. The topological polar surface area (TPSA) is 3.24 Å². The zero-order valence-corrected chi connectivity index (χ0v) is 11.4. The van der Waals surface area contributed by atoms with Gasteiger partial charge in [-0.1, -0.05) is 51.1 Å². The average Bonchev–Trinajstić information content (AvgIpc) is 2.42. The lowest BCUT2D eigenvalue weighted by Crippen LogP contribution is -2.16. The van der Waals surface area contributed by atoms with E-state index >= 15 is 0 Å². The Morgan fingerprint density at radius 2 is 1.76 bits per heavy atom. The predicted octanol–water partition coefficient (Wildman–Crippen LogP) is 4.63.